The van der Waals surface area contributed by atoms with E-state index >= 15 is 0 Å². The van der Waals surface area contributed by atoms with Crippen LogP contribution in [0.5, 0.6) is 0 Å². The number of hydrogen-bond acceptors (Lipinski definition) is 3. The molecule has 2 heterocycles. The first-order valence-corrected chi connectivity index (χ1v) is 7.20. The summed E-state index contributed by atoms with van der Waals surface area (Å²) in [6.07, 6.45) is -0.0429. The van der Waals surface area contributed by atoms with Crippen LogP contribution in [0.4, 0.5) is 9.18 Å². The maximum atomic E-state index is 14.4. The third-order valence-electron chi connectivity index (χ3n) is 4.41. The number of nitrogens with zero attached hydrogens (tertiary/aromatic N) is 1. The van der Waals surface area contributed by atoms with Gasteiger partial charge in [-0.3, -0.25) is 9.69 Å². The number of ether oxygens (including phenoxy) is 1. The van der Waals surface area contributed by atoms with E-state index in [0.717, 1.165) is 6.42 Å². The van der Waals surface area contributed by atoms with Crippen molar-refractivity contribution in [3.8, 4) is 0 Å². The van der Waals surface area contributed by atoms with Gasteiger partial charge in [-0.1, -0.05) is 0 Å². The van der Waals surface area contributed by atoms with Crippen LogP contribution in [0, 0.1) is 0 Å². The van der Waals surface area contributed by atoms with Crippen LogP contribution in [0.1, 0.15) is 60.3 Å². The van der Waals surface area contributed by atoms with Gasteiger partial charge in [0.15, 0.2) is 12.0 Å². The number of carbonyl (C=O) groups is 2. The highest BCUT2D eigenvalue weighted by molar-refractivity contribution is 5.89. The maximum Gasteiger partial charge on any atom is 0.411 e. The highest BCUT2D eigenvalue weighted by Crippen LogP contribution is 2.48. The Morgan fingerprint density at radius 3 is 2.50 bits per heavy atom. The first kappa shape index (κ1) is 15.3. The minimum atomic E-state index is -1.62. The fourth-order valence-electron chi connectivity index (χ4n) is 3.62. The van der Waals surface area contributed by atoms with Gasteiger partial charge in [0, 0.05) is 6.42 Å². The van der Waals surface area contributed by atoms with E-state index in [4.69, 9.17) is 4.74 Å². The Balaban J connectivity index is 2.39. The normalized spacial score (nSPS) is 37.8. The molecule has 114 valence electrons. The summed E-state index contributed by atoms with van der Waals surface area (Å²) in [5, 5.41) is 0. The lowest BCUT2D eigenvalue weighted by molar-refractivity contribution is -0.155. The van der Waals surface area contributed by atoms with Gasteiger partial charge >= 0.3 is 6.09 Å². The third-order valence-corrected chi connectivity index (χ3v) is 4.41. The van der Waals surface area contributed by atoms with Crippen molar-refractivity contribution in [2.75, 3.05) is 0 Å². The highest BCUT2D eigenvalue weighted by Gasteiger charge is 2.60. The number of rotatable bonds is 0. The predicted molar refractivity (Wildman–Crippen MR) is 73.3 cm³/mol. The summed E-state index contributed by atoms with van der Waals surface area (Å²) in [6, 6.07) is 0. The largest absolute Gasteiger partial charge is 0.444 e. The molecule has 2 saturated heterocycles. The molecule has 1 amide bonds. The zero-order chi connectivity index (χ0) is 15.3. The summed E-state index contributed by atoms with van der Waals surface area (Å²) in [5.41, 5.74) is -2.34. The summed E-state index contributed by atoms with van der Waals surface area (Å²) < 4.78 is 19.9. The molecule has 0 saturated carbocycles. The zero-order valence-electron chi connectivity index (χ0n) is 13.0. The predicted octanol–water partition coefficient (Wildman–Crippen LogP) is 3.24. The van der Waals surface area contributed by atoms with E-state index in [0.29, 0.717) is 12.8 Å². The summed E-state index contributed by atoms with van der Waals surface area (Å²) in [4.78, 5) is 25.9. The van der Waals surface area contributed by atoms with Crippen molar-refractivity contribution in [1.82, 2.24) is 4.90 Å². The van der Waals surface area contributed by atoms with Gasteiger partial charge in [-0.15, -0.1) is 0 Å². The molecule has 0 aromatic rings. The van der Waals surface area contributed by atoms with Crippen LogP contribution in [0.25, 0.3) is 0 Å². The first-order chi connectivity index (χ1) is 9.00. The lowest BCUT2D eigenvalue weighted by Crippen LogP contribution is -2.72. The van der Waals surface area contributed by atoms with Gasteiger partial charge in [0.2, 0.25) is 0 Å². The summed E-state index contributed by atoms with van der Waals surface area (Å²) in [6.45, 7) is 8.88. The second-order valence-corrected chi connectivity index (χ2v) is 7.53. The van der Waals surface area contributed by atoms with Gasteiger partial charge in [-0.05, 0) is 53.9 Å². The van der Waals surface area contributed by atoms with Crippen molar-refractivity contribution in [3.05, 3.63) is 0 Å². The minimum absolute atomic E-state index is 0.0724. The van der Waals surface area contributed by atoms with Crippen LogP contribution in [-0.4, -0.2) is 39.6 Å². The Kier molecular flexibility index (Phi) is 3.38. The van der Waals surface area contributed by atoms with Crippen molar-refractivity contribution in [1.29, 1.82) is 0 Å². The molecule has 2 rings (SSSR count). The monoisotopic (exact) mass is 285 g/mol. The van der Waals surface area contributed by atoms with E-state index in [9.17, 15) is 14.0 Å². The zero-order valence-corrected chi connectivity index (χ0v) is 13.0. The molecule has 0 N–H and O–H groups in total. The van der Waals surface area contributed by atoms with Crippen molar-refractivity contribution < 1.29 is 18.7 Å². The number of halogens is 1. The minimum Gasteiger partial charge on any atom is -0.444 e. The van der Waals surface area contributed by atoms with Crippen LogP contribution in [0.3, 0.4) is 0 Å². The lowest BCUT2D eigenvalue weighted by Gasteiger charge is -2.58. The Morgan fingerprint density at radius 1 is 1.35 bits per heavy atom. The topological polar surface area (TPSA) is 46.6 Å². The van der Waals surface area contributed by atoms with Gasteiger partial charge in [-0.25, -0.2) is 9.18 Å². The van der Waals surface area contributed by atoms with Gasteiger partial charge in [-0.2, -0.15) is 0 Å². The van der Waals surface area contributed by atoms with Crippen molar-refractivity contribution >= 4 is 11.9 Å². The number of ketones is 1. The molecule has 20 heavy (non-hydrogen) atoms. The number of amides is 1. The van der Waals surface area contributed by atoms with E-state index in [1.54, 1.807) is 27.7 Å². The molecular weight excluding hydrogens is 261 g/mol. The molecule has 0 aliphatic carbocycles. The van der Waals surface area contributed by atoms with E-state index in [2.05, 4.69) is 0 Å². The number of piperidine rings is 2. The van der Waals surface area contributed by atoms with Crippen molar-refractivity contribution in [3.63, 3.8) is 0 Å². The summed E-state index contributed by atoms with van der Waals surface area (Å²) in [7, 11) is 0. The fraction of sp³-hybridized carbons (Fsp3) is 0.867. The highest BCUT2D eigenvalue weighted by atomic mass is 19.1. The second kappa shape index (κ2) is 4.43. The first-order valence-electron chi connectivity index (χ1n) is 7.20. The van der Waals surface area contributed by atoms with Crippen LogP contribution in [-0.2, 0) is 9.53 Å². The van der Waals surface area contributed by atoms with Crippen LogP contribution in [0.2, 0.25) is 0 Å². The molecule has 2 aliphatic rings. The smallest absolute Gasteiger partial charge is 0.411 e. The van der Waals surface area contributed by atoms with Crippen molar-refractivity contribution in [2.24, 2.45) is 0 Å². The SMILES string of the molecule is CC(C)(C)OC(=O)N1[C@@]2(C)CCC[C@]1(C)[C@@H](F)C(=O)C2. The van der Waals surface area contributed by atoms with E-state index in [1.807, 2.05) is 6.92 Å². The van der Waals surface area contributed by atoms with Gasteiger partial charge in [0.25, 0.3) is 0 Å². The van der Waals surface area contributed by atoms with E-state index in [1.165, 1.54) is 4.90 Å². The quantitative estimate of drug-likeness (QED) is 0.686. The number of hydrogen-bond donors (Lipinski definition) is 0. The molecule has 0 aromatic carbocycles. The molecule has 3 atom stereocenters. The van der Waals surface area contributed by atoms with Gasteiger partial charge < -0.3 is 4.74 Å². The average Bonchev–Trinajstić information content (AvgIpc) is 2.23. The van der Waals surface area contributed by atoms with E-state index < -0.39 is 34.7 Å². The average molecular weight is 285 g/mol. The van der Waals surface area contributed by atoms with Gasteiger partial charge in [0.1, 0.15) is 5.60 Å². The molecule has 0 radical (unpaired) electrons. The third kappa shape index (κ3) is 2.31. The summed E-state index contributed by atoms with van der Waals surface area (Å²) >= 11 is 0. The van der Waals surface area contributed by atoms with Crippen molar-refractivity contribution in [2.45, 2.75) is 83.2 Å². The maximum absolute atomic E-state index is 14.4. The molecule has 2 fully saturated rings. The molecule has 2 bridgehead atoms. The van der Waals surface area contributed by atoms with Crippen LogP contribution >= 0.6 is 0 Å². The Bertz CT molecular complexity index is 445. The number of alkyl halides is 1. The molecule has 0 aromatic heterocycles. The van der Waals surface area contributed by atoms with Gasteiger partial charge in [0.05, 0.1) is 11.1 Å². The number of Topliss-reactive ketones (excluding diaryl/α,β-unsaturated/α-hetero) is 1. The molecule has 0 spiro atoms. The molecular formula is C15H24FNO3. The standard InChI is InChI=1S/C15H24FNO3/c1-13(2,3)20-12(19)17-14(4)7-6-8-15(17,5)11(16)10(18)9-14/h11H,6-9H2,1-5H3/t11-,14-,15+/m0/s1. The Labute approximate surface area is 119 Å². The molecule has 5 heteroatoms. The molecule has 4 nitrogen and oxygen atoms in total. The van der Waals surface area contributed by atoms with Crippen LogP contribution in [0.15, 0.2) is 0 Å². The lowest BCUT2D eigenvalue weighted by atomic mass is 9.67. The Hall–Kier alpha value is -1.13. The number of fused-ring (bicyclic) bond motifs is 2. The molecule has 2 aliphatic heterocycles. The summed E-state index contributed by atoms with van der Waals surface area (Å²) in [5.74, 6) is -0.394. The van der Waals surface area contributed by atoms with E-state index in [-0.39, 0.29) is 6.42 Å². The molecule has 0 unspecified atom stereocenters. The fourth-order valence-corrected chi connectivity index (χ4v) is 3.62. The second-order valence-electron chi connectivity index (χ2n) is 7.53. The Morgan fingerprint density at radius 2 is 1.95 bits per heavy atom. The van der Waals surface area contributed by atoms with Crippen LogP contribution < -0.4 is 0 Å². The number of carbonyl (C=O) groups excluding carboxylic acids is 2.